The summed E-state index contributed by atoms with van der Waals surface area (Å²) in [6, 6.07) is 25.1. The van der Waals surface area contributed by atoms with Gasteiger partial charge in [-0.3, -0.25) is 9.59 Å². The molecule has 3 aromatic carbocycles. The number of nitrogens with one attached hydrogen (secondary N) is 2. The highest BCUT2D eigenvalue weighted by Crippen LogP contribution is 2.26. The second-order valence-electron chi connectivity index (χ2n) is 10.4. The molecule has 0 aliphatic carbocycles. The van der Waals surface area contributed by atoms with E-state index in [0.29, 0.717) is 35.5 Å². The van der Waals surface area contributed by atoms with E-state index in [9.17, 15) is 18.0 Å². The summed E-state index contributed by atoms with van der Waals surface area (Å²) in [5, 5.41) is 0.582. The lowest BCUT2D eigenvalue weighted by molar-refractivity contribution is -0.134. The monoisotopic (exact) mass is 684 g/mol. The number of hydrogen-bond donors (Lipinski definition) is 2. The molecule has 1 amide bonds. The molecular weight excluding hydrogens is 651 g/mol. The first-order valence-electron chi connectivity index (χ1n) is 13.7. The van der Waals surface area contributed by atoms with Crippen LogP contribution in [-0.4, -0.2) is 47.0 Å². The lowest BCUT2D eigenvalue weighted by atomic mass is 9.94. The maximum absolute atomic E-state index is 14.3. The number of hydrogen-bond acceptors (Lipinski definition) is 5. The Morgan fingerprint density at radius 2 is 1.66 bits per heavy atom. The van der Waals surface area contributed by atoms with Gasteiger partial charge in [-0.15, -0.1) is 0 Å². The van der Waals surface area contributed by atoms with E-state index in [2.05, 4.69) is 35.7 Å². The lowest BCUT2D eigenvalue weighted by Gasteiger charge is -2.32. The zero-order valence-corrected chi connectivity index (χ0v) is 25.6. The van der Waals surface area contributed by atoms with Crippen LogP contribution in [0.15, 0.2) is 101 Å². The minimum absolute atomic E-state index is 0.0194. The van der Waals surface area contributed by atoms with Crippen molar-refractivity contribution >= 4 is 49.7 Å². The van der Waals surface area contributed by atoms with Gasteiger partial charge in [0.15, 0.2) is 0 Å². The molecule has 2 N–H and O–H groups in total. The number of piperidine rings is 1. The fourth-order valence-electron chi connectivity index (χ4n) is 5.21. The van der Waals surface area contributed by atoms with Crippen LogP contribution in [0.5, 0.6) is 0 Å². The molecule has 5 rings (SSSR count). The summed E-state index contributed by atoms with van der Waals surface area (Å²) >= 11 is 2.36. The molecule has 0 spiro atoms. The first-order valence-corrected chi connectivity index (χ1v) is 16.2. The number of aromatic amines is 1. The Bertz CT molecular complexity index is 1640. The first-order chi connectivity index (χ1) is 19.8. The first kappa shape index (κ1) is 29.4. The number of H-pyrrole nitrogens is 1. The largest absolute Gasteiger partial charge is 0.337 e. The summed E-state index contributed by atoms with van der Waals surface area (Å²) in [4.78, 5) is 30.5. The van der Waals surface area contributed by atoms with Crippen LogP contribution in [0.1, 0.15) is 36.4 Å². The van der Waals surface area contributed by atoms with Crippen LogP contribution in [0.2, 0.25) is 0 Å². The van der Waals surface area contributed by atoms with E-state index >= 15 is 0 Å². The molecule has 0 bridgehead atoms. The molecule has 0 radical (unpaired) electrons. The predicted molar refractivity (Wildman–Crippen MR) is 169 cm³/mol. The molecule has 214 valence electrons. The number of carbonyl (C=O) groups is 1. The highest BCUT2D eigenvalue weighted by Gasteiger charge is 2.31. The van der Waals surface area contributed by atoms with Crippen molar-refractivity contribution in [1.82, 2.24) is 17.7 Å². The maximum atomic E-state index is 14.3. The molecule has 1 aliphatic rings. The van der Waals surface area contributed by atoms with Crippen molar-refractivity contribution in [2.75, 3.05) is 19.6 Å². The standard InChI is InChI=1S/C31H33IN4O4S/c32-36-19-16-23(17-20-36)15-18-35(22-24-7-3-1-4-8-24)31(38)30(25-9-5-2-6-10-25)34-41(39,40)27-12-13-28-26(21-27)11-14-29(37)33-28/h1-14,21,23,30,34H,15-20,22H2,(H,33,37). The van der Waals surface area contributed by atoms with E-state index in [0.717, 1.165) is 37.9 Å². The topological polar surface area (TPSA) is 103 Å². The fraction of sp³-hybridized carbons (Fsp3) is 0.290. The van der Waals surface area contributed by atoms with E-state index < -0.39 is 16.1 Å². The van der Waals surface area contributed by atoms with Crippen molar-refractivity contribution in [2.45, 2.75) is 36.7 Å². The third-order valence-corrected chi connectivity index (χ3v) is 9.94. The SMILES string of the molecule is O=C(C(NS(=O)(=O)c1ccc2[nH]c(=O)ccc2c1)c1ccccc1)N(CCC1CCN(I)CC1)Cc1ccccc1. The average molecular weight is 685 g/mol. The van der Waals surface area contributed by atoms with Crippen LogP contribution in [0.4, 0.5) is 0 Å². The molecule has 1 aromatic heterocycles. The molecule has 41 heavy (non-hydrogen) atoms. The van der Waals surface area contributed by atoms with Gasteiger partial charge in [0.1, 0.15) is 6.04 Å². The Morgan fingerprint density at radius 1 is 0.976 bits per heavy atom. The minimum Gasteiger partial charge on any atom is -0.337 e. The van der Waals surface area contributed by atoms with E-state index in [1.165, 1.54) is 18.2 Å². The van der Waals surface area contributed by atoms with Crippen LogP contribution in [-0.2, 0) is 21.4 Å². The van der Waals surface area contributed by atoms with Crippen molar-refractivity contribution in [3.63, 3.8) is 0 Å². The molecule has 1 fully saturated rings. The quantitative estimate of drug-likeness (QED) is 0.180. The van der Waals surface area contributed by atoms with Crippen LogP contribution in [0.3, 0.4) is 0 Å². The number of rotatable bonds is 10. The number of aromatic nitrogens is 1. The third kappa shape index (κ3) is 7.62. The summed E-state index contributed by atoms with van der Waals surface area (Å²) in [7, 11) is -4.10. The Kier molecular flexibility index (Phi) is 9.53. The Balaban J connectivity index is 1.44. The fourth-order valence-corrected chi connectivity index (χ4v) is 6.98. The molecule has 1 atom stereocenters. The molecule has 8 nitrogen and oxygen atoms in total. The molecule has 4 aromatic rings. The number of amides is 1. The van der Waals surface area contributed by atoms with Crippen LogP contribution in [0, 0.1) is 5.92 Å². The maximum Gasteiger partial charge on any atom is 0.248 e. The van der Waals surface area contributed by atoms with E-state index in [1.807, 2.05) is 36.4 Å². The van der Waals surface area contributed by atoms with Crippen molar-refractivity contribution < 1.29 is 13.2 Å². The number of pyridine rings is 1. The number of sulfonamides is 1. The average Bonchev–Trinajstić information content (AvgIpc) is 2.99. The summed E-state index contributed by atoms with van der Waals surface area (Å²) in [5.74, 6) is 0.225. The zero-order valence-electron chi connectivity index (χ0n) is 22.6. The Hall–Kier alpha value is -3.06. The van der Waals surface area contributed by atoms with E-state index in [-0.39, 0.29) is 16.4 Å². The number of nitrogens with zero attached hydrogens (tertiary/aromatic N) is 2. The van der Waals surface area contributed by atoms with Gasteiger partial charge in [-0.1, -0.05) is 60.7 Å². The van der Waals surface area contributed by atoms with E-state index in [1.54, 1.807) is 41.3 Å². The summed E-state index contributed by atoms with van der Waals surface area (Å²) < 4.78 is 32.4. The van der Waals surface area contributed by atoms with Crippen molar-refractivity contribution in [2.24, 2.45) is 5.92 Å². The number of benzene rings is 3. The van der Waals surface area contributed by atoms with Crippen molar-refractivity contribution in [3.05, 3.63) is 112 Å². The second kappa shape index (κ2) is 13.3. The lowest BCUT2D eigenvalue weighted by Crippen LogP contribution is -2.43. The Morgan fingerprint density at radius 3 is 2.37 bits per heavy atom. The van der Waals surface area contributed by atoms with Gasteiger partial charge < -0.3 is 9.88 Å². The summed E-state index contributed by atoms with van der Waals surface area (Å²) in [6.07, 6.45) is 3.02. The summed E-state index contributed by atoms with van der Waals surface area (Å²) in [6.45, 7) is 2.99. The van der Waals surface area contributed by atoms with Gasteiger partial charge >= 0.3 is 0 Å². The highest BCUT2D eigenvalue weighted by molar-refractivity contribution is 14.1. The predicted octanol–water partition coefficient (Wildman–Crippen LogP) is 5.03. The van der Waals surface area contributed by atoms with Gasteiger partial charge in [-0.2, -0.15) is 4.72 Å². The van der Waals surface area contributed by atoms with Crippen LogP contribution < -0.4 is 10.3 Å². The van der Waals surface area contributed by atoms with Gasteiger partial charge in [0, 0.05) is 60.6 Å². The Labute approximate surface area is 254 Å². The van der Waals surface area contributed by atoms with Gasteiger partial charge in [-0.25, -0.2) is 11.5 Å². The van der Waals surface area contributed by atoms with E-state index in [4.69, 9.17) is 0 Å². The minimum atomic E-state index is -4.10. The highest BCUT2D eigenvalue weighted by atomic mass is 127. The molecule has 1 saturated heterocycles. The normalized spacial score (nSPS) is 15.5. The second-order valence-corrected chi connectivity index (χ2v) is 13.5. The van der Waals surface area contributed by atoms with Crippen LogP contribution in [0.25, 0.3) is 10.9 Å². The third-order valence-electron chi connectivity index (χ3n) is 7.55. The van der Waals surface area contributed by atoms with Crippen molar-refractivity contribution in [3.8, 4) is 0 Å². The molecular formula is C31H33IN4O4S. The number of carbonyl (C=O) groups excluding carboxylic acids is 1. The zero-order chi connectivity index (χ0) is 28.8. The molecule has 2 heterocycles. The van der Waals surface area contributed by atoms with Gasteiger partial charge in [0.2, 0.25) is 21.5 Å². The van der Waals surface area contributed by atoms with Crippen molar-refractivity contribution in [1.29, 1.82) is 0 Å². The molecule has 10 heteroatoms. The molecule has 1 aliphatic heterocycles. The summed E-state index contributed by atoms with van der Waals surface area (Å²) in [5.41, 5.74) is 1.83. The molecule has 1 unspecified atom stereocenters. The number of halogens is 1. The number of fused-ring (bicyclic) bond motifs is 1. The van der Waals surface area contributed by atoms with Gasteiger partial charge in [-0.05, 0) is 66.0 Å². The smallest absolute Gasteiger partial charge is 0.248 e. The molecule has 0 saturated carbocycles. The van der Waals surface area contributed by atoms with Gasteiger partial charge in [0.05, 0.1) is 4.90 Å². The van der Waals surface area contributed by atoms with Gasteiger partial charge in [0.25, 0.3) is 0 Å². The van der Waals surface area contributed by atoms with Crippen LogP contribution >= 0.6 is 22.9 Å².